The van der Waals surface area contributed by atoms with E-state index in [0.717, 1.165) is 35.0 Å². The molecule has 0 spiro atoms. The summed E-state index contributed by atoms with van der Waals surface area (Å²) in [6.45, 7) is 2.10. The molecule has 4 rings (SSSR count). The van der Waals surface area contributed by atoms with Crippen LogP contribution in [0.1, 0.15) is 30.0 Å². The summed E-state index contributed by atoms with van der Waals surface area (Å²) in [4.78, 5) is 9.17. The molecule has 0 unspecified atom stereocenters. The van der Waals surface area contributed by atoms with E-state index in [0.29, 0.717) is 0 Å². The van der Waals surface area contributed by atoms with Gasteiger partial charge < -0.3 is 9.88 Å². The number of imidazole rings is 1. The van der Waals surface area contributed by atoms with Crippen LogP contribution < -0.4 is 5.32 Å². The van der Waals surface area contributed by atoms with Crippen LogP contribution in [0, 0.1) is 0 Å². The Kier molecular flexibility index (Phi) is 3.93. The van der Waals surface area contributed by atoms with Crippen molar-refractivity contribution < 1.29 is 0 Å². The standard InChI is InChI=1S/C19H20N6/c1-3-15-13-17(25-16(22-15)9-10-21-25)23-18(14-7-5-4-6-8-14)19-20-11-12-24(19)2/h4-13,18,23H,3H2,1-2H3/t18-/m1/s1. The van der Waals surface area contributed by atoms with Crippen molar-refractivity contribution in [3.8, 4) is 0 Å². The van der Waals surface area contributed by atoms with Crippen LogP contribution in [-0.2, 0) is 13.5 Å². The molecule has 0 fully saturated rings. The highest BCUT2D eigenvalue weighted by Gasteiger charge is 2.20. The normalized spacial score (nSPS) is 12.4. The summed E-state index contributed by atoms with van der Waals surface area (Å²) in [5.41, 5.74) is 3.02. The van der Waals surface area contributed by atoms with Gasteiger partial charge in [0, 0.05) is 37.3 Å². The molecule has 1 atom stereocenters. The maximum absolute atomic E-state index is 4.61. The molecule has 0 aliphatic heterocycles. The van der Waals surface area contributed by atoms with Gasteiger partial charge in [0.15, 0.2) is 5.65 Å². The van der Waals surface area contributed by atoms with Crippen LogP contribution in [0.15, 0.2) is 61.1 Å². The molecular formula is C19H20N6. The first-order valence-electron chi connectivity index (χ1n) is 8.38. The topological polar surface area (TPSA) is 60.0 Å². The Morgan fingerprint density at radius 1 is 1.12 bits per heavy atom. The molecule has 6 nitrogen and oxygen atoms in total. The van der Waals surface area contributed by atoms with Crippen molar-refractivity contribution in [3.63, 3.8) is 0 Å². The van der Waals surface area contributed by atoms with E-state index in [4.69, 9.17) is 0 Å². The van der Waals surface area contributed by atoms with E-state index >= 15 is 0 Å². The van der Waals surface area contributed by atoms with Gasteiger partial charge in [0.25, 0.3) is 0 Å². The largest absolute Gasteiger partial charge is 0.356 e. The summed E-state index contributed by atoms with van der Waals surface area (Å²) in [6, 6.07) is 14.2. The highest BCUT2D eigenvalue weighted by Crippen LogP contribution is 2.26. The lowest BCUT2D eigenvalue weighted by molar-refractivity contribution is 0.739. The number of fused-ring (bicyclic) bond motifs is 1. The SMILES string of the molecule is CCc1cc(N[C@H](c2ccccc2)c2nccn2C)n2nccc2n1. The van der Waals surface area contributed by atoms with Crippen molar-refractivity contribution in [2.45, 2.75) is 19.4 Å². The second-order valence-corrected chi connectivity index (χ2v) is 5.97. The molecule has 1 aromatic carbocycles. The molecule has 0 saturated heterocycles. The first-order valence-corrected chi connectivity index (χ1v) is 8.38. The van der Waals surface area contributed by atoms with Gasteiger partial charge in [0.05, 0.1) is 6.20 Å². The van der Waals surface area contributed by atoms with Crippen LogP contribution in [0.2, 0.25) is 0 Å². The highest BCUT2D eigenvalue weighted by molar-refractivity contribution is 5.51. The molecule has 1 N–H and O–H groups in total. The summed E-state index contributed by atoms with van der Waals surface area (Å²) in [6.07, 6.45) is 6.42. The minimum absolute atomic E-state index is 0.0827. The Morgan fingerprint density at radius 2 is 1.96 bits per heavy atom. The second-order valence-electron chi connectivity index (χ2n) is 5.97. The number of nitrogens with zero attached hydrogens (tertiary/aromatic N) is 5. The van der Waals surface area contributed by atoms with Gasteiger partial charge in [-0.25, -0.2) is 9.97 Å². The van der Waals surface area contributed by atoms with Gasteiger partial charge in [-0.1, -0.05) is 37.3 Å². The van der Waals surface area contributed by atoms with Gasteiger partial charge >= 0.3 is 0 Å². The summed E-state index contributed by atoms with van der Waals surface area (Å²) in [7, 11) is 2.01. The Bertz CT molecular complexity index is 986. The third kappa shape index (κ3) is 2.87. The van der Waals surface area contributed by atoms with Crippen LogP contribution >= 0.6 is 0 Å². The third-order valence-electron chi connectivity index (χ3n) is 4.32. The van der Waals surface area contributed by atoms with Crippen molar-refractivity contribution in [2.24, 2.45) is 7.05 Å². The molecule has 0 saturated carbocycles. The fourth-order valence-electron chi connectivity index (χ4n) is 2.99. The van der Waals surface area contributed by atoms with Gasteiger partial charge in [-0.3, -0.25) is 0 Å². The average Bonchev–Trinajstić information content (AvgIpc) is 3.29. The maximum Gasteiger partial charge on any atom is 0.157 e. The van der Waals surface area contributed by atoms with Crippen molar-refractivity contribution in [1.29, 1.82) is 0 Å². The third-order valence-corrected chi connectivity index (χ3v) is 4.32. The molecular weight excluding hydrogens is 312 g/mol. The summed E-state index contributed by atoms with van der Waals surface area (Å²) in [5.74, 6) is 1.85. The van der Waals surface area contributed by atoms with E-state index in [2.05, 4.69) is 45.5 Å². The quantitative estimate of drug-likeness (QED) is 0.609. The van der Waals surface area contributed by atoms with Gasteiger partial charge in [-0.2, -0.15) is 9.61 Å². The van der Waals surface area contributed by atoms with E-state index in [9.17, 15) is 0 Å². The van der Waals surface area contributed by atoms with Gasteiger partial charge in [0.2, 0.25) is 0 Å². The number of anilines is 1. The average molecular weight is 332 g/mol. The Balaban J connectivity index is 1.82. The van der Waals surface area contributed by atoms with Gasteiger partial charge in [-0.05, 0) is 12.0 Å². The molecule has 0 amide bonds. The molecule has 0 aliphatic carbocycles. The van der Waals surface area contributed by atoms with E-state index in [-0.39, 0.29) is 6.04 Å². The van der Waals surface area contributed by atoms with E-state index in [1.54, 1.807) is 6.20 Å². The number of nitrogens with one attached hydrogen (secondary N) is 1. The molecule has 0 bridgehead atoms. The zero-order valence-corrected chi connectivity index (χ0v) is 14.3. The van der Waals surface area contributed by atoms with Gasteiger partial charge in [0.1, 0.15) is 17.7 Å². The summed E-state index contributed by atoms with van der Waals surface area (Å²) >= 11 is 0. The van der Waals surface area contributed by atoms with Crippen molar-refractivity contribution in [2.75, 3.05) is 5.32 Å². The lowest BCUT2D eigenvalue weighted by Crippen LogP contribution is -2.19. The van der Waals surface area contributed by atoms with Crippen LogP contribution in [0.3, 0.4) is 0 Å². The second kappa shape index (κ2) is 6.39. The van der Waals surface area contributed by atoms with Crippen LogP contribution in [0.5, 0.6) is 0 Å². The zero-order chi connectivity index (χ0) is 17.2. The Morgan fingerprint density at radius 3 is 2.68 bits per heavy atom. The highest BCUT2D eigenvalue weighted by atomic mass is 15.3. The van der Waals surface area contributed by atoms with E-state index < -0.39 is 0 Å². The first-order chi connectivity index (χ1) is 12.3. The Hall–Kier alpha value is -3.15. The predicted octanol–water partition coefficient (Wildman–Crippen LogP) is 3.23. The van der Waals surface area contributed by atoms with Crippen molar-refractivity contribution in [3.05, 3.63) is 78.1 Å². The number of benzene rings is 1. The first kappa shape index (κ1) is 15.4. The smallest absolute Gasteiger partial charge is 0.157 e. The fourth-order valence-corrected chi connectivity index (χ4v) is 2.99. The molecule has 6 heteroatoms. The monoisotopic (exact) mass is 332 g/mol. The number of hydrogen-bond donors (Lipinski definition) is 1. The molecule has 126 valence electrons. The minimum atomic E-state index is -0.0827. The van der Waals surface area contributed by atoms with Crippen LogP contribution in [0.4, 0.5) is 5.82 Å². The maximum atomic E-state index is 4.61. The number of hydrogen-bond acceptors (Lipinski definition) is 4. The lowest BCUT2D eigenvalue weighted by atomic mass is 10.1. The zero-order valence-electron chi connectivity index (χ0n) is 14.3. The minimum Gasteiger partial charge on any atom is -0.356 e. The fraction of sp³-hybridized carbons (Fsp3) is 0.211. The molecule has 0 radical (unpaired) electrons. The number of aromatic nitrogens is 5. The van der Waals surface area contributed by atoms with Crippen LogP contribution in [-0.4, -0.2) is 24.1 Å². The summed E-state index contributed by atoms with van der Waals surface area (Å²) < 4.78 is 3.87. The van der Waals surface area contributed by atoms with Gasteiger partial charge in [-0.15, -0.1) is 0 Å². The molecule has 0 aliphatic rings. The molecule has 3 aromatic heterocycles. The van der Waals surface area contributed by atoms with E-state index in [1.165, 1.54) is 0 Å². The molecule has 4 aromatic rings. The Labute approximate surface area is 146 Å². The van der Waals surface area contributed by atoms with Crippen LogP contribution in [0.25, 0.3) is 5.65 Å². The number of rotatable bonds is 5. The van der Waals surface area contributed by atoms with E-state index in [1.807, 2.05) is 52.8 Å². The molecule has 3 heterocycles. The van der Waals surface area contributed by atoms with Crippen molar-refractivity contribution >= 4 is 11.5 Å². The molecule has 25 heavy (non-hydrogen) atoms. The number of aryl methyl sites for hydroxylation is 2. The summed E-state index contributed by atoms with van der Waals surface area (Å²) in [5, 5.41) is 8.03. The predicted molar refractivity (Wildman–Crippen MR) is 97.5 cm³/mol. The lowest BCUT2D eigenvalue weighted by Gasteiger charge is -2.21. The van der Waals surface area contributed by atoms with Crippen molar-refractivity contribution in [1.82, 2.24) is 24.1 Å².